The Morgan fingerprint density at radius 1 is 1.28 bits per heavy atom. The van der Waals surface area contributed by atoms with E-state index in [0.29, 0.717) is 24.2 Å². The van der Waals surface area contributed by atoms with Gasteiger partial charge in [-0.3, -0.25) is 9.78 Å². The number of rotatable bonds is 4. The van der Waals surface area contributed by atoms with Gasteiger partial charge in [-0.2, -0.15) is 13.2 Å². The fourth-order valence-corrected chi connectivity index (χ4v) is 4.23. The molecule has 1 aromatic carbocycles. The van der Waals surface area contributed by atoms with Gasteiger partial charge in [-0.1, -0.05) is 6.92 Å². The van der Waals surface area contributed by atoms with Gasteiger partial charge in [0, 0.05) is 36.4 Å². The summed E-state index contributed by atoms with van der Waals surface area (Å²) in [6.07, 6.45) is -1.59. The van der Waals surface area contributed by atoms with E-state index in [9.17, 15) is 23.1 Å². The van der Waals surface area contributed by atoms with Crippen molar-refractivity contribution in [2.45, 2.75) is 44.5 Å². The normalized spacial score (nSPS) is 23.8. The second-order valence-electron chi connectivity index (χ2n) is 8.26. The van der Waals surface area contributed by atoms with Gasteiger partial charge in [0.1, 0.15) is 6.10 Å². The average molecular weight is 407 g/mol. The molecule has 1 aromatic heterocycles. The molecule has 2 aromatic rings. The third-order valence-corrected chi connectivity index (χ3v) is 5.74. The van der Waals surface area contributed by atoms with Crippen molar-refractivity contribution in [1.82, 2.24) is 10.3 Å². The van der Waals surface area contributed by atoms with Crippen molar-refractivity contribution in [3.8, 4) is 0 Å². The summed E-state index contributed by atoms with van der Waals surface area (Å²) in [5, 5.41) is 13.4. The number of alkyl halides is 3. The first-order valence-electron chi connectivity index (χ1n) is 9.92. The van der Waals surface area contributed by atoms with Crippen LogP contribution in [0, 0.1) is 11.8 Å². The van der Waals surface area contributed by atoms with Gasteiger partial charge in [0.05, 0.1) is 11.1 Å². The van der Waals surface area contributed by atoms with Crippen LogP contribution < -0.4 is 10.2 Å². The minimum Gasteiger partial charge on any atom is -0.383 e. The number of anilines is 1. The summed E-state index contributed by atoms with van der Waals surface area (Å²) in [4.78, 5) is 18.3. The molecule has 1 saturated heterocycles. The Hall–Kier alpha value is -2.35. The van der Waals surface area contributed by atoms with Crippen molar-refractivity contribution < 1.29 is 23.1 Å². The highest BCUT2D eigenvalue weighted by molar-refractivity contribution is 5.94. The number of benzene rings is 1. The van der Waals surface area contributed by atoms with Gasteiger partial charge in [0.2, 0.25) is 5.91 Å². The Balaban J connectivity index is 1.60. The van der Waals surface area contributed by atoms with Gasteiger partial charge >= 0.3 is 6.18 Å². The van der Waals surface area contributed by atoms with Crippen LogP contribution >= 0.6 is 0 Å². The maximum atomic E-state index is 13.4. The number of hydrogen-bond acceptors (Lipinski definition) is 4. The van der Waals surface area contributed by atoms with E-state index in [-0.39, 0.29) is 29.3 Å². The van der Waals surface area contributed by atoms with Crippen molar-refractivity contribution in [3.05, 3.63) is 36.0 Å². The number of hydrogen-bond donors (Lipinski definition) is 2. The molecule has 29 heavy (non-hydrogen) atoms. The van der Waals surface area contributed by atoms with E-state index in [2.05, 4.69) is 10.3 Å². The van der Waals surface area contributed by atoms with Crippen LogP contribution in [0.15, 0.2) is 30.5 Å². The monoisotopic (exact) mass is 407 g/mol. The third-order valence-electron chi connectivity index (χ3n) is 5.74. The van der Waals surface area contributed by atoms with Gasteiger partial charge < -0.3 is 15.3 Å². The zero-order valence-electron chi connectivity index (χ0n) is 16.1. The largest absolute Gasteiger partial charge is 0.418 e. The highest BCUT2D eigenvalue weighted by atomic mass is 19.4. The first-order chi connectivity index (χ1) is 13.7. The SMILES string of the molecule is CC1C[C@@H](NC(=O)C(O)C2CC2)CN(c2ccc(C(F)(F)F)c3ncccc23)C1. The number of aliphatic hydroxyl groups is 1. The number of piperidine rings is 1. The average Bonchev–Trinajstić information content (AvgIpc) is 3.50. The van der Waals surface area contributed by atoms with Crippen molar-refractivity contribution in [1.29, 1.82) is 0 Å². The smallest absolute Gasteiger partial charge is 0.383 e. The molecule has 1 aliphatic carbocycles. The first-order valence-corrected chi connectivity index (χ1v) is 9.92. The highest BCUT2D eigenvalue weighted by Gasteiger charge is 2.37. The van der Waals surface area contributed by atoms with Crippen LogP contribution in [-0.2, 0) is 11.0 Å². The van der Waals surface area contributed by atoms with Crippen molar-refractivity contribution in [3.63, 3.8) is 0 Å². The van der Waals surface area contributed by atoms with Crippen molar-refractivity contribution in [2.24, 2.45) is 11.8 Å². The van der Waals surface area contributed by atoms with Gasteiger partial charge in [-0.05, 0) is 55.4 Å². The molecule has 2 aliphatic rings. The van der Waals surface area contributed by atoms with Gasteiger partial charge in [-0.25, -0.2) is 0 Å². The fraction of sp³-hybridized carbons (Fsp3) is 0.524. The summed E-state index contributed by atoms with van der Waals surface area (Å²) in [5.74, 6) is -0.0660. The lowest BCUT2D eigenvalue weighted by molar-refractivity contribution is -0.136. The predicted octanol–water partition coefficient (Wildman–Crippen LogP) is 3.36. The molecule has 0 spiro atoms. The van der Waals surface area contributed by atoms with E-state index in [0.717, 1.165) is 25.3 Å². The van der Waals surface area contributed by atoms with Crippen molar-refractivity contribution >= 4 is 22.5 Å². The van der Waals surface area contributed by atoms with E-state index in [1.807, 2.05) is 11.8 Å². The molecular formula is C21H24F3N3O2. The number of aliphatic hydroxyl groups excluding tert-OH is 1. The van der Waals surface area contributed by atoms with Crippen LogP contribution in [-0.4, -0.2) is 41.2 Å². The molecule has 2 unspecified atom stereocenters. The second kappa shape index (κ2) is 7.48. The molecule has 2 heterocycles. The molecule has 5 nitrogen and oxygen atoms in total. The van der Waals surface area contributed by atoms with Crippen LogP contribution in [0.3, 0.4) is 0 Å². The minimum absolute atomic E-state index is 0.0528. The number of nitrogens with zero attached hydrogens (tertiary/aromatic N) is 2. The number of pyridine rings is 1. The summed E-state index contributed by atoms with van der Waals surface area (Å²) in [7, 11) is 0. The number of fused-ring (bicyclic) bond motifs is 1. The van der Waals surface area contributed by atoms with E-state index in [1.165, 1.54) is 12.3 Å². The van der Waals surface area contributed by atoms with Crippen LogP contribution in [0.25, 0.3) is 10.9 Å². The number of nitrogens with one attached hydrogen (secondary N) is 1. The lowest BCUT2D eigenvalue weighted by Crippen LogP contribution is -2.52. The lowest BCUT2D eigenvalue weighted by Gasteiger charge is -2.39. The summed E-state index contributed by atoms with van der Waals surface area (Å²) < 4.78 is 40.1. The fourth-order valence-electron chi connectivity index (χ4n) is 4.23. The van der Waals surface area contributed by atoms with Crippen LogP contribution in [0.2, 0.25) is 0 Å². The molecule has 156 valence electrons. The Bertz CT molecular complexity index is 914. The number of carbonyl (C=O) groups is 1. The van der Waals surface area contributed by atoms with E-state index < -0.39 is 17.8 Å². The molecule has 1 amide bonds. The van der Waals surface area contributed by atoms with E-state index >= 15 is 0 Å². The molecule has 1 aliphatic heterocycles. The zero-order valence-corrected chi connectivity index (χ0v) is 16.1. The molecule has 3 atom stereocenters. The highest BCUT2D eigenvalue weighted by Crippen LogP contribution is 2.38. The standard InChI is InChI=1S/C21H24F3N3O2/c1-12-9-14(26-20(29)19(28)13-4-5-13)11-27(10-12)17-7-6-16(21(22,23)24)18-15(17)3-2-8-25-18/h2-3,6-8,12-14,19,28H,4-5,9-11H2,1H3,(H,26,29)/t12?,14-,19?/m1/s1. The first kappa shape index (κ1) is 19.9. The van der Waals surface area contributed by atoms with Gasteiger partial charge in [-0.15, -0.1) is 0 Å². The molecule has 2 fully saturated rings. The second-order valence-corrected chi connectivity index (χ2v) is 8.26. The molecule has 4 rings (SSSR count). The summed E-state index contributed by atoms with van der Waals surface area (Å²) >= 11 is 0. The quantitative estimate of drug-likeness (QED) is 0.816. The zero-order chi connectivity index (χ0) is 20.8. The van der Waals surface area contributed by atoms with Crippen LogP contribution in [0.5, 0.6) is 0 Å². The number of amides is 1. The summed E-state index contributed by atoms with van der Waals surface area (Å²) in [5.41, 5.74) is -0.144. The molecule has 8 heteroatoms. The van der Waals surface area contributed by atoms with E-state index in [1.54, 1.807) is 12.1 Å². The Kier molecular flexibility index (Phi) is 5.14. The van der Waals surface area contributed by atoms with Crippen LogP contribution in [0.4, 0.5) is 18.9 Å². The van der Waals surface area contributed by atoms with Crippen molar-refractivity contribution in [2.75, 3.05) is 18.0 Å². The summed E-state index contributed by atoms with van der Waals surface area (Å²) in [6, 6.07) is 5.67. The number of aromatic nitrogens is 1. The predicted molar refractivity (Wildman–Crippen MR) is 103 cm³/mol. The van der Waals surface area contributed by atoms with Crippen LogP contribution in [0.1, 0.15) is 31.7 Å². The van der Waals surface area contributed by atoms with Gasteiger partial charge in [0.15, 0.2) is 0 Å². The number of carbonyl (C=O) groups excluding carboxylic acids is 1. The lowest BCUT2D eigenvalue weighted by atomic mass is 9.94. The topological polar surface area (TPSA) is 65.5 Å². The maximum Gasteiger partial charge on any atom is 0.418 e. The van der Waals surface area contributed by atoms with Gasteiger partial charge in [0.25, 0.3) is 0 Å². The summed E-state index contributed by atoms with van der Waals surface area (Å²) in [6.45, 7) is 3.20. The molecule has 0 bridgehead atoms. The maximum absolute atomic E-state index is 13.4. The third kappa shape index (κ3) is 4.17. The molecule has 1 saturated carbocycles. The Morgan fingerprint density at radius 2 is 2.03 bits per heavy atom. The Morgan fingerprint density at radius 3 is 2.72 bits per heavy atom. The number of halogens is 3. The van der Waals surface area contributed by atoms with E-state index in [4.69, 9.17) is 0 Å². The molecule has 0 radical (unpaired) electrons. The molecular weight excluding hydrogens is 383 g/mol. The molecule has 2 N–H and O–H groups in total. The Labute approximate surface area is 166 Å². The minimum atomic E-state index is -4.48.